The molecule has 1 aliphatic rings. The van der Waals surface area contributed by atoms with E-state index in [4.69, 9.17) is 10.5 Å². The summed E-state index contributed by atoms with van der Waals surface area (Å²) in [6.07, 6.45) is 3.07. The topological polar surface area (TPSA) is 81.4 Å². The summed E-state index contributed by atoms with van der Waals surface area (Å²) in [5, 5.41) is 2.86. The van der Waals surface area contributed by atoms with E-state index in [1.807, 2.05) is 12.1 Å². The molecule has 1 heterocycles. The summed E-state index contributed by atoms with van der Waals surface area (Å²) >= 11 is 0. The molecule has 0 radical (unpaired) electrons. The van der Waals surface area contributed by atoms with E-state index in [1.54, 1.807) is 12.1 Å². The molecular formula is C15H20N2O3. The van der Waals surface area contributed by atoms with Crippen LogP contribution in [0.3, 0.4) is 0 Å². The predicted molar refractivity (Wildman–Crippen MR) is 75.3 cm³/mol. The molecule has 2 amide bonds. The van der Waals surface area contributed by atoms with E-state index in [0.717, 1.165) is 25.0 Å². The molecule has 0 aliphatic carbocycles. The molecule has 0 aromatic heterocycles. The first-order valence-electron chi connectivity index (χ1n) is 6.93. The largest absolute Gasteiger partial charge is 0.376 e. The molecule has 108 valence electrons. The van der Waals surface area contributed by atoms with Crippen LogP contribution in [-0.4, -0.2) is 31.1 Å². The summed E-state index contributed by atoms with van der Waals surface area (Å²) in [5.41, 5.74) is 6.60. The molecule has 0 bridgehead atoms. The molecule has 20 heavy (non-hydrogen) atoms. The number of ether oxygens (including phenoxy) is 1. The van der Waals surface area contributed by atoms with E-state index in [-0.39, 0.29) is 12.0 Å². The molecule has 0 unspecified atom stereocenters. The summed E-state index contributed by atoms with van der Waals surface area (Å²) in [4.78, 5) is 23.0. The Labute approximate surface area is 118 Å². The summed E-state index contributed by atoms with van der Waals surface area (Å²) in [5.74, 6) is -0.486. The minimum Gasteiger partial charge on any atom is -0.376 e. The summed E-state index contributed by atoms with van der Waals surface area (Å²) < 4.78 is 5.44. The Morgan fingerprint density at radius 3 is 2.85 bits per heavy atom. The molecule has 0 spiro atoms. The summed E-state index contributed by atoms with van der Waals surface area (Å²) in [6, 6.07) is 7.11. The number of hydrogen-bond acceptors (Lipinski definition) is 3. The number of nitrogens with two attached hydrogens (primary N) is 1. The van der Waals surface area contributed by atoms with Crippen LogP contribution in [0.4, 0.5) is 0 Å². The van der Waals surface area contributed by atoms with Gasteiger partial charge in [0.1, 0.15) is 0 Å². The Balaban J connectivity index is 1.79. The average Bonchev–Trinajstić information content (AvgIpc) is 2.96. The van der Waals surface area contributed by atoms with E-state index in [0.29, 0.717) is 24.9 Å². The first-order valence-corrected chi connectivity index (χ1v) is 6.93. The highest BCUT2D eigenvalue weighted by molar-refractivity contribution is 5.94. The number of amides is 2. The lowest BCUT2D eigenvalue weighted by atomic mass is 10.0. The van der Waals surface area contributed by atoms with Crippen molar-refractivity contribution in [3.63, 3.8) is 0 Å². The quantitative estimate of drug-likeness (QED) is 0.813. The van der Waals surface area contributed by atoms with Gasteiger partial charge in [-0.2, -0.15) is 0 Å². The Hall–Kier alpha value is -1.88. The van der Waals surface area contributed by atoms with Crippen molar-refractivity contribution < 1.29 is 14.3 Å². The van der Waals surface area contributed by atoms with Gasteiger partial charge < -0.3 is 15.8 Å². The van der Waals surface area contributed by atoms with Gasteiger partial charge in [0.05, 0.1) is 6.10 Å². The molecule has 1 saturated heterocycles. The molecule has 3 N–H and O–H groups in total. The van der Waals surface area contributed by atoms with Gasteiger partial charge in [-0.3, -0.25) is 9.59 Å². The summed E-state index contributed by atoms with van der Waals surface area (Å²) in [7, 11) is 0. The maximum atomic E-state index is 11.8. The van der Waals surface area contributed by atoms with Gasteiger partial charge in [-0.15, -0.1) is 0 Å². The molecule has 2 rings (SSSR count). The molecule has 1 atom stereocenters. The predicted octanol–water partition coefficient (Wildman–Crippen LogP) is 1.01. The smallest absolute Gasteiger partial charge is 0.248 e. The van der Waals surface area contributed by atoms with Gasteiger partial charge in [-0.25, -0.2) is 0 Å². The third-order valence-corrected chi connectivity index (χ3v) is 3.46. The fourth-order valence-corrected chi connectivity index (χ4v) is 2.35. The second-order valence-electron chi connectivity index (χ2n) is 4.96. The molecule has 1 aromatic rings. The maximum Gasteiger partial charge on any atom is 0.248 e. The minimum absolute atomic E-state index is 0.0280. The molecule has 1 aliphatic heterocycles. The number of nitrogens with one attached hydrogen (secondary N) is 1. The third-order valence-electron chi connectivity index (χ3n) is 3.46. The number of benzene rings is 1. The third kappa shape index (κ3) is 4.06. The van der Waals surface area contributed by atoms with Gasteiger partial charge in [0, 0.05) is 25.1 Å². The lowest BCUT2D eigenvalue weighted by Gasteiger charge is -2.11. The van der Waals surface area contributed by atoms with E-state index < -0.39 is 5.91 Å². The SMILES string of the molecule is NC(=O)c1ccccc1CCC(=O)NC[C@@H]1CCCO1. The van der Waals surface area contributed by atoms with Crippen LogP contribution in [0.25, 0.3) is 0 Å². The van der Waals surface area contributed by atoms with E-state index in [9.17, 15) is 9.59 Å². The first-order chi connectivity index (χ1) is 9.66. The standard InChI is InChI=1S/C15H20N2O3/c16-15(19)13-6-2-1-4-11(13)7-8-14(18)17-10-12-5-3-9-20-12/h1-2,4,6,12H,3,5,7-10H2,(H2,16,19)(H,17,18)/t12-/m0/s1. The molecule has 0 saturated carbocycles. The highest BCUT2D eigenvalue weighted by atomic mass is 16.5. The number of aryl methyl sites for hydroxylation is 1. The van der Waals surface area contributed by atoms with Crippen LogP contribution in [-0.2, 0) is 16.0 Å². The van der Waals surface area contributed by atoms with Crippen LogP contribution >= 0.6 is 0 Å². The van der Waals surface area contributed by atoms with Crippen LogP contribution in [0, 0.1) is 0 Å². The Kier molecular flexibility index (Phi) is 5.12. The van der Waals surface area contributed by atoms with Gasteiger partial charge in [-0.05, 0) is 30.9 Å². The van der Waals surface area contributed by atoms with Crippen molar-refractivity contribution in [3.8, 4) is 0 Å². The Bertz CT molecular complexity index is 482. The van der Waals surface area contributed by atoms with Gasteiger partial charge in [0.15, 0.2) is 0 Å². The fraction of sp³-hybridized carbons (Fsp3) is 0.467. The number of carbonyl (C=O) groups excluding carboxylic acids is 2. The summed E-state index contributed by atoms with van der Waals surface area (Å²) in [6.45, 7) is 1.35. The lowest BCUT2D eigenvalue weighted by Crippen LogP contribution is -2.32. The number of rotatable bonds is 6. The van der Waals surface area contributed by atoms with Crippen LogP contribution in [0.2, 0.25) is 0 Å². The van der Waals surface area contributed by atoms with Crippen LogP contribution in [0.1, 0.15) is 35.2 Å². The zero-order chi connectivity index (χ0) is 14.4. The number of primary amides is 1. The maximum absolute atomic E-state index is 11.8. The van der Waals surface area contributed by atoms with Crippen LogP contribution in [0.15, 0.2) is 24.3 Å². The number of carbonyl (C=O) groups is 2. The monoisotopic (exact) mass is 276 g/mol. The van der Waals surface area contributed by atoms with Crippen molar-refractivity contribution in [2.75, 3.05) is 13.2 Å². The zero-order valence-electron chi connectivity index (χ0n) is 11.4. The molecular weight excluding hydrogens is 256 g/mol. The minimum atomic E-state index is -0.458. The van der Waals surface area contributed by atoms with Gasteiger partial charge in [0.2, 0.25) is 11.8 Å². The van der Waals surface area contributed by atoms with Crippen molar-refractivity contribution in [2.45, 2.75) is 31.8 Å². The van der Waals surface area contributed by atoms with E-state index >= 15 is 0 Å². The van der Waals surface area contributed by atoms with Crippen LogP contribution in [0.5, 0.6) is 0 Å². The lowest BCUT2D eigenvalue weighted by molar-refractivity contribution is -0.121. The number of hydrogen-bond donors (Lipinski definition) is 2. The van der Waals surface area contributed by atoms with Crippen molar-refractivity contribution >= 4 is 11.8 Å². The van der Waals surface area contributed by atoms with Crippen molar-refractivity contribution in [1.82, 2.24) is 5.32 Å². The molecule has 5 heteroatoms. The van der Waals surface area contributed by atoms with Crippen molar-refractivity contribution in [3.05, 3.63) is 35.4 Å². The van der Waals surface area contributed by atoms with Gasteiger partial charge in [0.25, 0.3) is 0 Å². The zero-order valence-corrected chi connectivity index (χ0v) is 11.4. The van der Waals surface area contributed by atoms with E-state index in [1.165, 1.54) is 0 Å². The van der Waals surface area contributed by atoms with Gasteiger partial charge >= 0.3 is 0 Å². The van der Waals surface area contributed by atoms with Crippen LogP contribution < -0.4 is 11.1 Å². The first kappa shape index (κ1) is 14.5. The Morgan fingerprint density at radius 1 is 1.35 bits per heavy atom. The average molecular weight is 276 g/mol. The normalized spacial score (nSPS) is 17.9. The van der Waals surface area contributed by atoms with Gasteiger partial charge in [-0.1, -0.05) is 18.2 Å². The Morgan fingerprint density at radius 2 is 2.15 bits per heavy atom. The highest BCUT2D eigenvalue weighted by Gasteiger charge is 2.16. The highest BCUT2D eigenvalue weighted by Crippen LogP contribution is 2.12. The second kappa shape index (κ2) is 7.05. The second-order valence-corrected chi connectivity index (χ2v) is 4.96. The van der Waals surface area contributed by atoms with E-state index in [2.05, 4.69) is 5.32 Å². The van der Waals surface area contributed by atoms with Crippen molar-refractivity contribution in [2.24, 2.45) is 5.73 Å². The molecule has 1 fully saturated rings. The van der Waals surface area contributed by atoms with Crippen molar-refractivity contribution in [1.29, 1.82) is 0 Å². The fourth-order valence-electron chi connectivity index (χ4n) is 2.35. The molecule has 1 aromatic carbocycles. The molecule has 5 nitrogen and oxygen atoms in total.